The third kappa shape index (κ3) is 2.70. The Labute approximate surface area is 202 Å². The van der Waals surface area contributed by atoms with Crippen LogP contribution >= 0.6 is 0 Å². The summed E-state index contributed by atoms with van der Waals surface area (Å²) in [4.78, 5) is 0. The van der Waals surface area contributed by atoms with Crippen LogP contribution in [-0.4, -0.2) is 0 Å². The van der Waals surface area contributed by atoms with Gasteiger partial charge in [-0.05, 0) is 84.7 Å². The molecule has 1 heterocycles. The van der Waals surface area contributed by atoms with E-state index in [0.717, 1.165) is 17.1 Å². The highest BCUT2D eigenvalue weighted by Crippen LogP contribution is 2.48. The Bertz CT molecular complexity index is 1980. The fourth-order valence-corrected chi connectivity index (χ4v) is 5.75. The lowest BCUT2D eigenvalue weighted by Crippen LogP contribution is -1.97. The fraction of sp³-hybridized carbons (Fsp3) is 0. The van der Waals surface area contributed by atoms with Crippen molar-refractivity contribution in [3.63, 3.8) is 0 Å². The van der Waals surface area contributed by atoms with Crippen molar-refractivity contribution in [3.05, 3.63) is 121 Å². The van der Waals surface area contributed by atoms with Crippen molar-refractivity contribution < 1.29 is 4.74 Å². The van der Waals surface area contributed by atoms with Crippen LogP contribution in [0.5, 0.6) is 11.5 Å². The van der Waals surface area contributed by atoms with Crippen molar-refractivity contribution in [1.29, 1.82) is 0 Å². The normalized spacial score (nSPS) is 12.2. The summed E-state index contributed by atoms with van der Waals surface area (Å²) in [5.41, 5.74) is 4.84. The molecule has 0 fully saturated rings. The molecule has 0 unspecified atom stereocenters. The van der Waals surface area contributed by atoms with Gasteiger partial charge in [0.15, 0.2) is 0 Å². The smallest absolute Gasteiger partial charge is 0.135 e. The maximum absolute atomic E-state index is 6.30. The molecule has 1 heteroatoms. The van der Waals surface area contributed by atoms with Crippen LogP contribution in [0.4, 0.5) is 0 Å². The summed E-state index contributed by atoms with van der Waals surface area (Å²) in [5, 5.41) is 10.1. The van der Waals surface area contributed by atoms with E-state index in [-0.39, 0.29) is 0 Å². The lowest BCUT2D eigenvalue weighted by Gasteiger charge is -2.22. The summed E-state index contributed by atoms with van der Waals surface area (Å²) in [6.07, 6.45) is 0. The second-order valence-corrected chi connectivity index (χ2v) is 9.36. The van der Waals surface area contributed by atoms with Crippen molar-refractivity contribution in [2.24, 2.45) is 0 Å². The van der Waals surface area contributed by atoms with Gasteiger partial charge in [-0.25, -0.2) is 0 Å². The van der Waals surface area contributed by atoms with E-state index in [1.807, 2.05) is 12.1 Å². The molecule has 1 aliphatic heterocycles. The molecule has 1 aliphatic rings. The molecule has 0 aromatic heterocycles. The molecule has 0 N–H and O–H groups in total. The fourth-order valence-electron chi connectivity index (χ4n) is 5.75. The Morgan fingerprint density at radius 2 is 1.14 bits per heavy atom. The molecule has 0 amide bonds. The van der Waals surface area contributed by atoms with Crippen LogP contribution in [0.25, 0.3) is 65.3 Å². The van der Waals surface area contributed by atoms with Gasteiger partial charge in [-0.2, -0.15) is 0 Å². The van der Waals surface area contributed by atoms with Crippen LogP contribution in [0.15, 0.2) is 121 Å². The molecule has 0 aliphatic carbocycles. The molecule has 0 saturated carbocycles. The van der Waals surface area contributed by atoms with Crippen LogP contribution in [0.1, 0.15) is 0 Å². The molecule has 8 rings (SSSR count). The highest BCUT2D eigenvalue weighted by molar-refractivity contribution is 6.14. The van der Waals surface area contributed by atoms with E-state index in [2.05, 4.69) is 109 Å². The second kappa shape index (κ2) is 6.94. The van der Waals surface area contributed by atoms with Crippen LogP contribution in [0.3, 0.4) is 0 Å². The SMILES string of the molecule is c1ccc2c(c1)Oc1cccc3c(-c4ccc5cc6ccc7ccccc7c6cc5c4)ccc-2c13. The van der Waals surface area contributed by atoms with E-state index in [9.17, 15) is 0 Å². The summed E-state index contributed by atoms with van der Waals surface area (Å²) in [6, 6.07) is 43.8. The van der Waals surface area contributed by atoms with Gasteiger partial charge in [-0.1, -0.05) is 91.0 Å². The Morgan fingerprint density at radius 1 is 0.371 bits per heavy atom. The van der Waals surface area contributed by atoms with E-state index in [1.54, 1.807) is 0 Å². The Balaban J connectivity index is 1.38. The molecule has 0 atom stereocenters. The summed E-state index contributed by atoms with van der Waals surface area (Å²) in [6.45, 7) is 0. The maximum atomic E-state index is 6.30. The molecule has 7 aromatic carbocycles. The van der Waals surface area contributed by atoms with Gasteiger partial charge >= 0.3 is 0 Å². The Morgan fingerprint density at radius 3 is 2.14 bits per heavy atom. The second-order valence-electron chi connectivity index (χ2n) is 9.36. The van der Waals surface area contributed by atoms with Crippen molar-refractivity contribution in [2.75, 3.05) is 0 Å². The largest absolute Gasteiger partial charge is 0.456 e. The average molecular weight is 445 g/mol. The van der Waals surface area contributed by atoms with E-state index in [1.165, 1.54) is 59.8 Å². The highest BCUT2D eigenvalue weighted by atomic mass is 16.5. The number of benzene rings is 7. The number of hydrogen-bond acceptors (Lipinski definition) is 1. The first-order valence-electron chi connectivity index (χ1n) is 12.0. The quantitative estimate of drug-likeness (QED) is 0.181. The number of ether oxygens (including phenoxy) is 1. The van der Waals surface area contributed by atoms with Gasteiger partial charge in [0.2, 0.25) is 0 Å². The first-order chi connectivity index (χ1) is 17.3. The van der Waals surface area contributed by atoms with E-state index in [0.29, 0.717) is 0 Å². The van der Waals surface area contributed by atoms with Crippen molar-refractivity contribution in [3.8, 4) is 33.8 Å². The zero-order valence-corrected chi connectivity index (χ0v) is 19.0. The van der Waals surface area contributed by atoms with Crippen LogP contribution in [0, 0.1) is 0 Å². The number of hydrogen-bond donors (Lipinski definition) is 0. The van der Waals surface area contributed by atoms with Crippen molar-refractivity contribution >= 4 is 43.1 Å². The summed E-state index contributed by atoms with van der Waals surface area (Å²) < 4.78 is 6.30. The molecule has 0 spiro atoms. The average Bonchev–Trinajstić information content (AvgIpc) is 2.92. The molecule has 0 radical (unpaired) electrons. The van der Waals surface area contributed by atoms with Gasteiger partial charge in [0.25, 0.3) is 0 Å². The van der Waals surface area contributed by atoms with Crippen LogP contribution in [-0.2, 0) is 0 Å². The minimum absolute atomic E-state index is 0.921. The zero-order chi connectivity index (χ0) is 22.9. The minimum Gasteiger partial charge on any atom is -0.456 e. The summed E-state index contributed by atoms with van der Waals surface area (Å²) in [7, 11) is 0. The Kier molecular flexibility index (Phi) is 3.72. The van der Waals surface area contributed by atoms with Gasteiger partial charge in [0.05, 0.1) is 0 Å². The first kappa shape index (κ1) is 18.8. The van der Waals surface area contributed by atoms with E-state index < -0.39 is 0 Å². The topological polar surface area (TPSA) is 9.23 Å². The molecule has 1 nitrogen and oxygen atoms in total. The van der Waals surface area contributed by atoms with Gasteiger partial charge in [-0.15, -0.1) is 0 Å². The van der Waals surface area contributed by atoms with Crippen LogP contribution < -0.4 is 4.74 Å². The van der Waals surface area contributed by atoms with E-state index >= 15 is 0 Å². The van der Waals surface area contributed by atoms with E-state index in [4.69, 9.17) is 4.74 Å². The third-order valence-electron chi connectivity index (χ3n) is 7.41. The molecular formula is C34H20O. The maximum Gasteiger partial charge on any atom is 0.135 e. The van der Waals surface area contributed by atoms with Gasteiger partial charge in [-0.3, -0.25) is 0 Å². The van der Waals surface area contributed by atoms with Crippen LogP contribution in [0.2, 0.25) is 0 Å². The highest BCUT2D eigenvalue weighted by Gasteiger charge is 2.21. The monoisotopic (exact) mass is 444 g/mol. The number of rotatable bonds is 1. The molecule has 0 saturated heterocycles. The van der Waals surface area contributed by atoms with Gasteiger partial charge in [0.1, 0.15) is 11.5 Å². The van der Waals surface area contributed by atoms with Crippen molar-refractivity contribution in [2.45, 2.75) is 0 Å². The Hall–Kier alpha value is -4.62. The lowest BCUT2D eigenvalue weighted by molar-refractivity contribution is 0.487. The zero-order valence-electron chi connectivity index (χ0n) is 19.0. The van der Waals surface area contributed by atoms with Crippen molar-refractivity contribution in [1.82, 2.24) is 0 Å². The van der Waals surface area contributed by atoms with Gasteiger partial charge in [0, 0.05) is 10.9 Å². The minimum atomic E-state index is 0.921. The molecular weight excluding hydrogens is 424 g/mol. The number of fused-ring (bicyclic) bond motifs is 6. The van der Waals surface area contributed by atoms with Gasteiger partial charge < -0.3 is 4.74 Å². The lowest BCUT2D eigenvalue weighted by atomic mass is 9.89. The predicted molar refractivity (Wildman–Crippen MR) is 147 cm³/mol. The molecule has 162 valence electrons. The third-order valence-corrected chi connectivity index (χ3v) is 7.41. The molecule has 35 heavy (non-hydrogen) atoms. The number of para-hydroxylation sites is 1. The molecule has 7 aromatic rings. The molecule has 0 bridgehead atoms. The summed E-state index contributed by atoms with van der Waals surface area (Å²) >= 11 is 0. The standard InChI is InChI=1S/C34H20O/c1-2-7-26-21(6-1)12-14-24-18-22-13-15-23(19-25(22)20-31(24)26)27-16-17-30-28-8-3-4-10-32(28)35-33-11-5-9-29(27)34(30)33/h1-20H. The summed E-state index contributed by atoms with van der Waals surface area (Å²) in [5.74, 6) is 1.85. The predicted octanol–water partition coefficient (Wildman–Crippen LogP) is 9.74. The first-order valence-corrected chi connectivity index (χ1v) is 12.0.